The van der Waals surface area contributed by atoms with Crippen LogP contribution in [0.25, 0.3) is 0 Å². The van der Waals surface area contributed by atoms with Crippen LogP contribution in [0.1, 0.15) is 31.9 Å². The van der Waals surface area contributed by atoms with Gasteiger partial charge in [-0.3, -0.25) is 0 Å². The molecule has 3 heteroatoms. The van der Waals surface area contributed by atoms with E-state index in [1.165, 1.54) is 11.1 Å². The molecule has 18 heavy (non-hydrogen) atoms. The third-order valence-corrected chi connectivity index (χ3v) is 3.26. The summed E-state index contributed by atoms with van der Waals surface area (Å²) in [6.07, 6.45) is 2.01. The van der Waals surface area contributed by atoms with E-state index in [0.29, 0.717) is 6.54 Å². The molecule has 0 bridgehead atoms. The van der Waals surface area contributed by atoms with Crippen molar-refractivity contribution < 1.29 is 4.74 Å². The lowest BCUT2D eigenvalue weighted by Crippen LogP contribution is -2.46. The highest BCUT2D eigenvalue weighted by molar-refractivity contribution is 5.37. The minimum atomic E-state index is -0.00436. The van der Waals surface area contributed by atoms with Crippen molar-refractivity contribution >= 4 is 0 Å². The van der Waals surface area contributed by atoms with E-state index >= 15 is 0 Å². The molecule has 0 aliphatic rings. The number of methoxy groups -OCH3 is 1. The van der Waals surface area contributed by atoms with E-state index in [-0.39, 0.29) is 5.54 Å². The predicted molar refractivity (Wildman–Crippen MR) is 77.2 cm³/mol. The van der Waals surface area contributed by atoms with Crippen molar-refractivity contribution in [3.63, 3.8) is 0 Å². The summed E-state index contributed by atoms with van der Waals surface area (Å²) in [5.41, 5.74) is 8.31. The van der Waals surface area contributed by atoms with Crippen molar-refractivity contribution in [3.05, 3.63) is 29.3 Å². The van der Waals surface area contributed by atoms with Crippen LogP contribution in [0.2, 0.25) is 0 Å². The van der Waals surface area contributed by atoms with Gasteiger partial charge >= 0.3 is 0 Å². The number of aryl methyl sites for hydroxylation is 1. The molecule has 1 aromatic rings. The van der Waals surface area contributed by atoms with Crippen molar-refractivity contribution in [2.45, 2.75) is 39.2 Å². The molecule has 1 aromatic carbocycles. The van der Waals surface area contributed by atoms with Gasteiger partial charge in [-0.25, -0.2) is 0 Å². The standard InChI is InChI=1S/C15H26N2O/c1-5-12-6-7-14(18-4)13(10-12)8-9-17-15(2,3)11-16/h6-7,10,17H,5,8-9,11,16H2,1-4H3. The Bertz CT molecular complexity index is 375. The Morgan fingerprint density at radius 3 is 2.61 bits per heavy atom. The third kappa shape index (κ3) is 4.31. The smallest absolute Gasteiger partial charge is 0.122 e. The highest BCUT2D eigenvalue weighted by atomic mass is 16.5. The highest BCUT2D eigenvalue weighted by Crippen LogP contribution is 2.20. The summed E-state index contributed by atoms with van der Waals surface area (Å²) in [6, 6.07) is 6.41. The summed E-state index contributed by atoms with van der Waals surface area (Å²) in [7, 11) is 1.72. The molecule has 0 saturated carbocycles. The molecule has 0 amide bonds. The Kier molecular flexibility index (Phi) is 5.63. The minimum absolute atomic E-state index is 0.00436. The predicted octanol–water partition coefficient (Wildman–Crippen LogP) is 2.13. The fourth-order valence-electron chi connectivity index (χ4n) is 1.85. The Balaban J connectivity index is 2.65. The Morgan fingerprint density at radius 2 is 2.06 bits per heavy atom. The van der Waals surface area contributed by atoms with Crippen LogP contribution in [0.4, 0.5) is 0 Å². The molecule has 3 N–H and O–H groups in total. The second-order valence-electron chi connectivity index (χ2n) is 5.26. The molecule has 0 fully saturated rings. The summed E-state index contributed by atoms with van der Waals surface area (Å²) >= 11 is 0. The summed E-state index contributed by atoms with van der Waals surface area (Å²) in [4.78, 5) is 0. The zero-order valence-corrected chi connectivity index (χ0v) is 12.0. The maximum Gasteiger partial charge on any atom is 0.122 e. The fourth-order valence-corrected chi connectivity index (χ4v) is 1.85. The second-order valence-corrected chi connectivity index (χ2v) is 5.26. The summed E-state index contributed by atoms with van der Waals surface area (Å²) in [6.45, 7) is 7.95. The van der Waals surface area contributed by atoms with Crippen molar-refractivity contribution in [3.8, 4) is 5.75 Å². The van der Waals surface area contributed by atoms with Crippen LogP contribution >= 0.6 is 0 Å². The Labute approximate surface area is 111 Å². The van der Waals surface area contributed by atoms with E-state index in [2.05, 4.69) is 44.3 Å². The number of hydrogen-bond acceptors (Lipinski definition) is 3. The highest BCUT2D eigenvalue weighted by Gasteiger charge is 2.14. The molecule has 0 heterocycles. The number of nitrogens with one attached hydrogen (secondary N) is 1. The van der Waals surface area contributed by atoms with Gasteiger partial charge in [0.25, 0.3) is 0 Å². The molecule has 0 spiro atoms. The van der Waals surface area contributed by atoms with Gasteiger partial charge in [0.15, 0.2) is 0 Å². The van der Waals surface area contributed by atoms with E-state index in [1.54, 1.807) is 7.11 Å². The van der Waals surface area contributed by atoms with Crippen LogP contribution in [-0.2, 0) is 12.8 Å². The van der Waals surface area contributed by atoms with E-state index in [4.69, 9.17) is 10.5 Å². The van der Waals surface area contributed by atoms with Crippen molar-refractivity contribution in [1.29, 1.82) is 0 Å². The molecule has 1 rings (SSSR count). The van der Waals surface area contributed by atoms with Crippen LogP contribution < -0.4 is 15.8 Å². The molecule has 0 atom stereocenters. The lowest BCUT2D eigenvalue weighted by atomic mass is 10.0. The molecule has 3 nitrogen and oxygen atoms in total. The van der Waals surface area contributed by atoms with Gasteiger partial charge in [0.05, 0.1) is 7.11 Å². The molecule has 0 radical (unpaired) electrons. The number of nitrogens with two attached hydrogens (primary N) is 1. The first kappa shape index (κ1) is 15.0. The fraction of sp³-hybridized carbons (Fsp3) is 0.600. The minimum Gasteiger partial charge on any atom is -0.496 e. The van der Waals surface area contributed by atoms with E-state index in [9.17, 15) is 0 Å². The van der Waals surface area contributed by atoms with E-state index in [1.807, 2.05) is 0 Å². The second kappa shape index (κ2) is 6.76. The largest absolute Gasteiger partial charge is 0.496 e. The van der Waals surface area contributed by atoms with Crippen LogP contribution in [0.3, 0.4) is 0 Å². The average Bonchev–Trinajstić information content (AvgIpc) is 2.38. The van der Waals surface area contributed by atoms with Gasteiger partial charge in [-0.1, -0.05) is 19.1 Å². The van der Waals surface area contributed by atoms with Gasteiger partial charge in [-0.2, -0.15) is 0 Å². The Hall–Kier alpha value is -1.06. The normalized spacial score (nSPS) is 11.6. The zero-order valence-electron chi connectivity index (χ0n) is 12.0. The van der Waals surface area contributed by atoms with Crippen molar-refractivity contribution in [2.75, 3.05) is 20.2 Å². The van der Waals surface area contributed by atoms with E-state index < -0.39 is 0 Å². The molecule has 0 aliphatic carbocycles. The quantitative estimate of drug-likeness (QED) is 0.779. The molecule has 0 aromatic heterocycles. The Morgan fingerprint density at radius 1 is 1.33 bits per heavy atom. The monoisotopic (exact) mass is 250 g/mol. The van der Waals surface area contributed by atoms with E-state index in [0.717, 1.165) is 25.1 Å². The molecule has 0 saturated heterocycles. The topological polar surface area (TPSA) is 47.3 Å². The van der Waals surface area contributed by atoms with Gasteiger partial charge in [-0.05, 0) is 50.4 Å². The SMILES string of the molecule is CCc1ccc(OC)c(CCNC(C)(C)CN)c1. The van der Waals surface area contributed by atoms with Gasteiger partial charge < -0.3 is 15.8 Å². The number of ether oxygens (including phenoxy) is 1. The lowest BCUT2D eigenvalue weighted by molar-refractivity contribution is 0.392. The zero-order chi connectivity index (χ0) is 13.6. The van der Waals surface area contributed by atoms with Gasteiger partial charge in [0, 0.05) is 12.1 Å². The van der Waals surface area contributed by atoms with Crippen LogP contribution in [0, 0.1) is 0 Å². The maximum absolute atomic E-state index is 5.70. The number of rotatable bonds is 7. The first-order valence-corrected chi connectivity index (χ1v) is 6.63. The van der Waals surface area contributed by atoms with Crippen LogP contribution in [0.5, 0.6) is 5.75 Å². The summed E-state index contributed by atoms with van der Waals surface area (Å²) in [5, 5.41) is 3.47. The summed E-state index contributed by atoms with van der Waals surface area (Å²) < 4.78 is 5.40. The van der Waals surface area contributed by atoms with Crippen molar-refractivity contribution in [2.24, 2.45) is 5.73 Å². The number of benzene rings is 1. The van der Waals surface area contributed by atoms with Gasteiger partial charge in [0.2, 0.25) is 0 Å². The van der Waals surface area contributed by atoms with Gasteiger partial charge in [-0.15, -0.1) is 0 Å². The number of hydrogen-bond donors (Lipinski definition) is 2. The van der Waals surface area contributed by atoms with Gasteiger partial charge in [0.1, 0.15) is 5.75 Å². The molecule has 0 unspecified atom stereocenters. The molecular formula is C15H26N2O. The first-order valence-electron chi connectivity index (χ1n) is 6.63. The molecule has 0 aliphatic heterocycles. The molecular weight excluding hydrogens is 224 g/mol. The summed E-state index contributed by atoms with van der Waals surface area (Å²) in [5.74, 6) is 0.972. The van der Waals surface area contributed by atoms with Crippen molar-refractivity contribution in [1.82, 2.24) is 5.32 Å². The third-order valence-electron chi connectivity index (χ3n) is 3.26. The maximum atomic E-state index is 5.70. The lowest BCUT2D eigenvalue weighted by Gasteiger charge is -2.24. The molecule has 102 valence electrons. The van der Waals surface area contributed by atoms with Crippen LogP contribution in [-0.4, -0.2) is 25.7 Å². The van der Waals surface area contributed by atoms with Crippen LogP contribution in [0.15, 0.2) is 18.2 Å². The first-order chi connectivity index (χ1) is 8.52. The average molecular weight is 250 g/mol.